The smallest absolute Gasteiger partial charge is 0.157 e. The van der Waals surface area contributed by atoms with E-state index < -0.39 is 0 Å². The zero-order valence-electron chi connectivity index (χ0n) is 4.48. The van der Waals surface area contributed by atoms with Gasteiger partial charge >= 0.3 is 0 Å². The van der Waals surface area contributed by atoms with E-state index in [1.165, 1.54) is 0 Å². The van der Waals surface area contributed by atoms with Crippen LogP contribution in [0.5, 0.6) is 0 Å². The fraction of sp³-hybridized carbons (Fsp3) is 0.750. The lowest BCUT2D eigenvalue weighted by Crippen LogP contribution is -1.99. The Kier molecular flexibility index (Phi) is 8.77. The standard InChI is InChI=1S/C4H8O2.H3P/c1-2-4(6)3-5;/h5H,2-3H2,1H3;1H3. The Labute approximate surface area is 46.5 Å². The van der Waals surface area contributed by atoms with Crippen molar-refractivity contribution in [2.45, 2.75) is 13.3 Å². The van der Waals surface area contributed by atoms with Gasteiger partial charge < -0.3 is 5.11 Å². The number of Topliss-reactive ketones (excluding diaryl/α,β-unsaturated/α-hetero) is 1. The number of hydrogen-bond acceptors (Lipinski definition) is 2. The highest BCUT2D eigenvalue weighted by Gasteiger charge is 1.88. The highest BCUT2D eigenvalue weighted by molar-refractivity contribution is 6.92. The van der Waals surface area contributed by atoms with Crippen molar-refractivity contribution in [2.24, 2.45) is 0 Å². The second-order valence-electron chi connectivity index (χ2n) is 1.05. The highest BCUT2D eigenvalue weighted by Crippen LogP contribution is 1.73. The molecule has 0 aromatic heterocycles. The van der Waals surface area contributed by atoms with E-state index in [1.807, 2.05) is 0 Å². The van der Waals surface area contributed by atoms with Crippen molar-refractivity contribution in [2.75, 3.05) is 6.61 Å². The number of aliphatic hydroxyl groups is 1. The molecule has 0 aliphatic carbocycles. The molecular formula is C4H11O2P. The van der Waals surface area contributed by atoms with E-state index in [2.05, 4.69) is 0 Å². The normalized spacial score (nSPS) is 7.14. The van der Waals surface area contributed by atoms with Crippen LogP contribution in [0.25, 0.3) is 0 Å². The molecule has 0 radical (unpaired) electrons. The molecule has 0 bridgehead atoms. The maximum absolute atomic E-state index is 9.93. The Morgan fingerprint density at radius 3 is 2.14 bits per heavy atom. The Balaban J connectivity index is 0. The van der Waals surface area contributed by atoms with Gasteiger partial charge in [-0.3, -0.25) is 4.79 Å². The van der Waals surface area contributed by atoms with Gasteiger partial charge in [-0.15, -0.1) is 0 Å². The Morgan fingerprint density at radius 1 is 1.71 bits per heavy atom. The molecule has 0 saturated carbocycles. The number of hydrogen-bond donors (Lipinski definition) is 1. The Bertz CT molecular complexity index is 47.7. The molecule has 0 saturated heterocycles. The molecule has 0 heterocycles. The number of ketones is 1. The predicted octanol–water partition coefficient (Wildman–Crippen LogP) is 0.0159. The molecule has 0 aromatic rings. The molecule has 0 amide bonds. The van der Waals surface area contributed by atoms with Crippen molar-refractivity contribution in [3.63, 3.8) is 0 Å². The molecule has 44 valence electrons. The van der Waals surface area contributed by atoms with Gasteiger partial charge in [-0.2, -0.15) is 9.90 Å². The Hall–Kier alpha value is 0.0600. The monoisotopic (exact) mass is 122 g/mol. The summed E-state index contributed by atoms with van der Waals surface area (Å²) in [7, 11) is 0. The molecular weight excluding hydrogens is 111 g/mol. The van der Waals surface area contributed by atoms with E-state index in [0.717, 1.165) is 0 Å². The number of rotatable bonds is 2. The molecule has 0 aliphatic rings. The maximum Gasteiger partial charge on any atom is 0.157 e. The summed E-state index contributed by atoms with van der Waals surface area (Å²) in [5, 5.41) is 7.99. The summed E-state index contributed by atoms with van der Waals surface area (Å²) < 4.78 is 0. The number of carbonyl (C=O) groups excluding carboxylic acids is 1. The molecule has 1 N–H and O–H groups in total. The molecule has 0 spiro atoms. The van der Waals surface area contributed by atoms with Gasteiger partial charge in [0, 0.05) is 6.42 Å². The molecule has 0 fully saturated rings. The third-order valence-corrected chi connectivity index (χ3v) is 0.571. The van der Waals surface area contributed by atoms with E-state index in [4.69, 9.17) is 5.11 Å². The van der Waals surface area contributed by atoms with Gasteiger partial charge in [0.1, 0.15) is 6.61 Å². The zero-order chi connectivity index (χ0) is 4.99. The van der Waals surface area contributed by atoms with Crippen molar-refractivity contribution in [3.05, 3.63) is 0 Å². The van der Waals surface area contributed by atoms with Crippen molar-refractivity contribution in [1.29, 1.82) is 0 Å². The van der Waals surface area contributed by atoms with Crippen LogP contribution in [0.15, 0.2) is 0 Å². The lowest BCUT2D eigenvalue weighted by Gasteiger charge is -1.81. The first-order valence-corrected chi connectivity index (χ1v) is 1.93. The summed E-state index contributed by atoms with van der Waals surface area (Å²) in [6, 6.07) is 0. The van der Waals surface area contributed by atoms with Crippen LogP contribution in [0.3, 0.4) is 0 Å². The molecule has 1 unspecified atom stereocenters. The summed E-state index contributed by atoms with van der Waals surface area (Å²) in [6.07, 6.45) is 0.441. The SMILES string of the molecule is CCC(=O)CO.P. The molecule has 7 heavy (non-hydrogen) atoms. The quantitative estimate of drug-likeness (QED) is 0.524. The van der Waals surface area contributed by atoms with Crippen LogP contribution in [-0.4, -0.2) is 17.5 Å². The first kappa shape index (κ1) is 10.1. The van der Waals surface area contributed by atoms with Crippen molar-refractivity contribution >= 4 is 15.7 Å². The lowest BCUT2D eigenvalue weighted by molar-refractivity contribution is -0.121. The third kappa shape index (κ3) is 6.06. The van der Waals surface area contributed by atoms with Crippen molar-refractivity contribution in [1.82, 2.24) is 0 Å². The van der Waals surface area contributed by atoms with Crippen LogP contribution < -0.4 is 0 Å². The van der Waals surface area contributed by atoms with Crippen LogP contribution in [0.1, 0.15) is 13.3 Å². The second-order valence-corrected chi connectivity index (χ2v) is 1.05. The summed E-state index contributed by atoms with van der Waals surface area (Å²) in [5.41, 5.74) is 0. The number of aliphatic hydroxyl groups excluding tert-OH is 1. The minimum atomic E-state index is -0.309. The van der Waals surface area contributed by atoms with E-state index in [-0.39, 0.29) is 22.3 Å². The largest absolute Gasteiger partial charge is 0.389 e. The van der Waals surface area contributed by atoms with Gasteiger partial charge in [0.05, 0.1) is 0 Å². The first-order chi connectivity index (χ1) is 2.81. The molecule has 0 aromatic carbocycles. The topological polar surface area (TPSA) is 37.3 Å². The summed E-state index contributed by atoms with van der Waals surface area (Å²) >= 11 is 0. The van der Waals surface area contributed by atoms with Crippen LogP contribution in [0.2, 0.25) is 0 Å². The van der Waals surface area contributed by atoms with Crippen LogP contribution >= 0.6 is 9.90 Å². The highest BCUT2D eigenvalue weighted by atomic mass is 31.0. The summed E-state index contributed by atoms with van der Waals surface area (Å²) in [4.78, 5) is 9.93. The van der Waals surface area contributed by atoms with Gasteiger partial charge in [0.15, 0.2) is 5.78 Å². The fourth-order valence-electron chi connectivity index (χ4n) is 0.112. The van der Waals surface area contributed by atoms with Gasteiger partial charge in [-0.05, 0) is 0 Å². The van der Waals surface area contributed by atoms with E-state index >= 15 is 0 Å². The van der Waals surface area contributed by atoms with Gasteiger partial charge in [-0.1, -0.05) is 6.92 Å². The summed E-state index contributed by atoms with van der Waals surface area (Å²) in [6.45, 7) is 1.41. The van der Waals surface area contributed by atoms with E-state index in [9.17, 15) is 4.79 Å². The van der Waals surface area contributed by atoms with Gasteiger partial charge in [0.2, 0.25) is 0 Å². The zero-order valence-corrected chi connectivity index (χ0v) is 5.89. The molecule has 1 atom stereocenters. The van der Waals surface area contributed by atoms with E-state index in [0.29, 0.717) is 6.42 Å². The average molecular weight is 122 g/mol. The summed E-state index contributed by atoms with van der Waals surface area (Å²) in [5.74, 6) is -0.102. The molecule has 0 rings (SSSR count). The van der Waals surface area contributed by atoms with Crippen LogP contribution in [0, 0.1) is 0 Å². The van der Waals surface area contributed by atoms with Crippen molar-refractivity contribution < 1.29 is 9.90 Å². The third-order valence-electron chi connectivity index (χ3n) is 0.571. The minimum Gasteiger partial charge on any atom is -0.389 e. The van der Waals surface area contributed by atoms with Gasteiger partial charge in [0.25, 0.3) is 0 Å². The predicted molar refractivity (Wildman–Crippen MR) is 33.5 cm³/mol. The van der Waals surface area contributed by atoms with E-state index in [1.54, 1.807) is 6.92 Å². The number of carbonyl (C=O) groups is 1. The van der Waals surface area contributed by atoms with Gasteiger partial charge in [-0.25, -0.2) is 0 Å². The molecule has 2 nitrogen and oxygen atoms in total. The second kappa shape index (κ2) is 6.06. The fourth-order valence-corrected chi connectivity index (χ4v) is 0.112. The Morgan fingerprint density at radius 2 is 2.14 bits per heavy atom. The van der Waals surface area contributed by atoms with Crippen molar-refractivity contribution in [3.8, 4) is 0 Å². The first-order valence-electron chi connectivity index (χ1n) is 1.93. The average Bonchev–Trinajstić information content (AvgIpc) is 1.65. The molecule has 0 aliphatic heterocycles. The minimum absolute atomic E-state index is 0. The maximum atomic E-state index is 9.93. The van der Waals surface area contributed by atoms with Crippen LogP contribution in [0.4, 0.5) is 0 Å². The molecule has 3 heteroatoms. The van der Waals surface area contributed by atoms with Crippen LogP contribution in [-0.2, 0) is 4.79 Å². The lowest BCUT2D eigenvalue weighted by atomic mass is 10.3.